The van der Waals surface area contributed by atoms with E-state index in [-0.39, 0.29) is 30.4 Å². The van der Waals surface area contributed by atoms with Crippen LogP contribution in [0.25, 0.3) is 0 Å². The minimum Gasteiger partial charge on any atom is -0.356 e. The van der Waals surface area contributed by atoms with E-state index in [1.807, 2.05) is 0 Å². The maximum atomic E-state index is 12.1. The van der Waals surface area contributed by atoms with Crippen molar-refractivity contribution in [2.24, 2.45) is 5.92 Å². The minimum absolute atomic E-state index is 0.0517. The fourth-order valence-electron chi connectivity index (χ4n) is 2.36. The highest BCUT2D eigenvalue weighted by molar-refractivity contribution is 6.02. The number of hydrogen-bond donors (Lipinski definition) is 2. The molecule has 1 aromatic rings. The number of benzene rings is 1. The Morgan fingerprint density at radius 2 is 2.05 bits per heavy atom. The van der Waals surface area contributed by atoms with Gasteiger partial charge in [0.2, 0.25) is 11.8 Å². The number of ketones is 1. The summed E-state index contributed by atoms with van der Waals surface area (Å²) in [6, 6.07) is 5.19. The Morgan fingerprint density at radius 1 is 1.27 bits per heavy atom. The fraction of sp³-hybridized carbons (Fsp3) is 0.471. The molecule has 1 aliphatic rings. The van der Waals surface area contributed by atoms with Crippen molar-refractivity contribution in [2.75, 3.05) is 11.9 Å². The predicted octanol–water partition coefficient (Wildman–Crippen LogP) is 2.31. The standard InChI is InChI=1S/C17H22N2O3/c1-11(2)7-8-18-16(21)6-5-15(20)12-3-4-14-13(9-12)10-17(22)19-14/h3-4,9,11H,5-8,10H2,1-2H3,(H,18,21)(H,19,22). The minimum atomic E-state index is -0.0907. The molecule has 0 fully saturated rings. The van der Waals surface area contributed by atoms with Crippen LogP contribution in [-0.4, -0.2) is 24.1 Å². The van der Waals surface area contributed by atoms with Gasteiger partial charge in [0.15, 0.2) is 5.78 Å². The van der Waals surface area contributed by atoms with Gasteiger partial charge in [0.05, 0.1) is 6.42 Å². The second-order valence-electron chi connectivity index (χ2n) is 6.05. The van der Waals surface area contributed by atoms with Crippen LogP contribution >= 0.6 is 0 Å². The van der Waals surface area contributed by atoms with Crippen molar-refractivity contribution >= 4 is 23.3 Å². The first-order valence-electron chi connectivity index (χ1n) is 7.68. The first-order chi connectivity index (χ1) is 10.5. The fourth-order valence-corrected chi connectivity index (χ4v) is 2.36. The third kappa shape index (κ3) is 4.41. The molecule has 5 heteroatoms. The average Bonchev–Trinajstić information content (AvgIpc) is 2.83. The van der Waals surface area contributed by atoms with Gasteiger partial charge in [0.25, 0.3) is 0 Å². The Hall–Kier alpha value is -2.17. The highest BCUT2D eigenvalue weighted by Gasteiger charge is 2.19. The second-order valence-corrected chi connectivity index (χ2v) is 6.05. The Morgan fingerprint density at radius 3 is 2.77 bits per heavy atom. The van der Waals surface area contributed by atoms with E-state index in [4.69, 9.17) is 0 Å². The van der Waals surface area contributed by atoms with Gasteiger partial charge in [-0.15, -0.1) is 0 Å². The summed E-state index contributed by atoms with van der Waals surface area (Å²) in [4.78, 5) is 35.1. The monoisotopic (exact) mass is 302 g/mol. The van der Waals surface area contributed by atoms with Crippen LogP contribution in [0.2, 0.25) is 0 Å². The lowest BCUT2D eigenvalue weighted by molar-refractivity contribution is -0.121. The Labute approximate surface area is 130 Å². The van der Waals surface area contributed by atoms with Crippen LogP contribution in [0.1, 0.15) is 49.0 Å². The Bertz CT molecular complexity index is 594. The van der Waals surface area contributed by atoms with Crippen molar-refractivity contribution in [1.82, 2.24) is 5.32 Å². The molecule has 118 valence electrons. The highest BCUT2D eigenvalue weighted by atomic mass is 16.2. The van der Waals surface area contributed by atoms with E-state index in [0.29, 0.717) is 24.4 Å². The Kier molecular flexibility index (Phi) is 5.31. The molecule has 0 radical (unpaired) electrons. The summed E-state index contributed by atoms with van der Waals surface area (Å²) in [5, 5.41) is 5.55. The molecule has 0 bridgehead atoms. The van der Waals surface area contributed by atoms with Gasteiger partial charge in [-0.05, 0) is 36.1 Å². The van der Waals surface area contributed by atoms with Gasteiger partial charge < -0.3 is 10.6 Å². The maximum absolute atomic E-state index is 12.1. The molecule has 2 amide bonds. The van der Waals surface area contributed by atoms with E-state index < -0.39 is 0 Å². The normalized spacial score (nSPS) is 13.0. The first-order valence-corrected chi connectivity index (χ1v) is 7.68. The second kappa shape index (κ2) is 7.20. The molecular weight excluding hydrogens is 280 g/mol. The van der Waals surface area contributed by atoms with Gasteiger partial charge in [-0.1, -0.05) is 13.8 Å². The number of nitrogens with one attached hydrogen (secondary N) is 2. The van der Waals surface area contributed by atoms with E-state index >= 15 is 0 Å². The third-order valence-electron chi connectivity index (χ3n) is 3.68. The first kappa shape index (κ1) is 16.2. The zero-order valence-electron chi connectivity index (χ0n) is 13.1. The molecule has 5 nitrogen and oxygen atoms in total. The number of fused-ring (bicyclic) bond motifs is 1. The highest BCUT2D eigenvalue weighted by Crippen LogP contribution is 2.24. The van der Waals surface area contributed by atoms with Crippen LogP contribution in [-0.2, 0) is 16.0 Å². The summed E-state index contributed by atoms with van der Waals surface area (Å²) in [7, 11) is 0. The lowest BCUT2D eigenvalue weighted by Gasteiger charge is -2.07. The van der Waals surface area contributed by atoms with Gasteiger partial charge in [0.1, 0.15) is 0 Å². The average molecular weight is 302 g/mol. The number of carbonyl (C=O) groups is 3. The van der Waals surface area contributed by atoms with Crippen molar-refractivity contribution < 1.29 is 14.4 Å². The maximum Gasteiger partial charge on any atom is 0.228 e. The summed E-state index contributed by atoms with van der Waals surface area (Å²) < 4.78 is 0. The smallest absolute Gasteiger partial charge is 0.228 e. The molecule has 2 rings (SSSR count). The molecule has 0 unspecified atom stereocenters. The van der Waals surface area contributed by atoms with Crippen molar-refractivity contribution in [3.8, 4) is 0 Å². The zero-order valence-corrected chi connectivity index (χ0v) is 13.1. The molecule has 0 saturated carbocycles. The van der Waals surface area contributed by atoms with Crippen LogP contribution in [0.5, 0.6) is 0 Å². The van der Waals surface area contributed by atoms with Crippen LogP contribution in [0.4, 0.5) is 5.69 Å². The summed E-state index contributed by atoms with van der Waals surface area (Å²) in [6.07, 6.45) is 1.64. The van der Waals surface area contributed by atoms with Gasteiger partial charge in [0, 0.05) is 30.6 Å². The molecule has 2 N–H and O–H groups in total. The van der Waals surface area contributed by atoms with Gasteiger partial charge in [-0.25, -0.2) is 0 Å². The number of Topliss-reactive ketones (excluding diaryl/α,β-unsaturated/α-hetero) is 1. The van der Waals surface area contributed by atoms with Crippen LogP contribution in [0.15, 0.2) is 18.2 Å². The summed E-state index contributed by atoms with van der Waals surface area (Å²) in [6.45, 7) is 4.85. The van der Waals surface area contributed by atoms with E-state index in [0.717, 1.165) is 17.7 Å². The topological polar surface area (TPSA) is 75.3 Å². The Balaban J connectivity index is 1.82. The van der Waals surface area contributed by atoms with Crippen molar-refractivity contribution in [1.29, 1.82) is 0 Å². The number of amides is 2. The van der Waals surface area contributed by atoms with Crippen molar-refractivity contribution in [3.05, 3.63) is 29.3 Å². The molecule has 1 aromatic carbocycles. The predicted molar refractivity (Wildman–Crippen MR) is 84.8 cm³/mol. The number of anilines is 1. The van der Waals surface area contributed by atoms with E-state index in [1.54, 1.807) is 18.2 Å². The third-order valence-corrected chi connectivity index (χ3v) is 3.68. The van der Waals surface area contributed by atoms with Crippen LogP contribution in [0, 0.1) is 5.92 Å². The largest absolute Gasteiger partial charge is 0.356 e. The summed E-state index contributed by atoms with van der Waals surface area (Å²) in [5.74, 6) is 0.335. The number of hydrogen-bond acceptors (Lipinski definition) is 3. The molecule has 1 heterocycles. The number of carbonyl (C=O) groups excluding carboxylic acids is 3. The molecule has 0 saturated heterocycles. The van der Waals surface area contributed by atoms with Gasteiger partial charge >= 0.3 is 0 Å². The van der Waals surface area contributed by atoms with E-state index in [9.17, 15) is 14.4 Å². The molecule has 22 heavy (non-hydrogen) atoms. The lowest BCUT2D eigenvalue weighted by Crippen LogP contribution is -2.25. The molecule has 0 spiro atoms. The molecule has 0 aromatic heterocycles. The van der Waals surface area contributed by atoms with Crippen molar-refractivity contribution in [2.45, 2.75) is 39.5 Å². The molecule has 0 atom stereocenters. The lowest BCUT2D eigenvalue weighted by atomic mass is 10.0. The quantitative estimate of drug-likeness (QED) is 0.759. The van der Waals surface area contributed by atoms with Crippen LogP contribution in [0.3, 0.4) is 0 Å². The van der Waals surface area contributed by atoms with Gasteiger partial charge in [-0.2, -0.15) is 0 Å². The van der Waals surface area contributed by atoms with E-state index in [2.05, 4.69) is 24.5 Å². The SMILES string of the molecule is CC(C)CCNC(=O)CCC(=O)c1ccc2c(c1)CC(=O)N2. The zero-order chi connectivity index (χ0) is 16.1. The summed E-state index contributed by atoms with van der Waals surface area (Å²) >= 11 is 0. The van der Waals surface area contributed by atoms with E-state index in [1.165, 1.54) is 0 Å². The van der Waals surface area contributed by atoms with Gasteiger partial charge in [-0.3, -0.25) is 14.4 Å². The summed E-state index contributed by atoms with van der Waals surface area (Å²) in [5.41, 5.74) is 2.18. The number of rotatable bonds is 7. The molecule has 0 aliphatic carbocycles. The molecular formula is C17H22N2O3. The molecule has 1 aliphatic heterocycles. The van der Waals surface area contributed by atoms with Crippen molar-refractivity contribution in [3.63, 3.8) is 0 Å². The van der Waals surface area contributed by atoms with Crippen LogP contribution < -0.4 is 10.6 Å².